The maximum Gasteiger partial charge on any atom is 0.408 e. The molecule has 0 aromatic carbocycles. The number of alkyl carbamates (subject to hydrolysis) is 1. The van der Waals surface area contributed by atoms with E-state index in [-0.39, 0.29) is 11.7 Å². The number of halogens is 1. The molecular weight excluding hydrogens is 380 g/mol. The molecule has 0 radical (unpaired) electrons. The quantitative estimate of drug-likeness (QED) is 0.755. The van der Waals surface area contributed by atoms with Crippen LogP contribution in [0.5, 0.6) is 0 Å². The number of carbonyl (C=O) groups excluding carboxylic acids is 2. The number of nitrogens with one attached hydrogen (secondary N) is 2. The summed E-state index contributed by atoms with van der Waals surface area (Å²) in [6, 6.07) is 3.10. The number of hydrogen-bond donors (Lipinski definition) is 2. The fourth-order valence-electron chi connectivity index (χ4n) is 2.61. The SMILES string of the molecule is CC(C)(C)OC(=O)NC(C(=O)c1ccc(Br)s1)C1CCNCC1. The van der Waals surface area contributed by atoms with Crippen LogP contribution in [0.3, 0.4) is 0 Å². The maximum atomic E-state index is 12.9. The molecule has 0 aliphatic carbocycles. The number of piperidine rings is 1. The van der Waals surface area contributed by atoms with Crippen LogP contribution in [0.1, 0.15) is 43.3 Å². The smallest absolute Gasteiger partial charge is 0.408 e. The zero-order chi connectivity index (χ0) is 17.0. The van der Waals surface area contributed by atoms with E-state index in [1.807, 2.05) is 26.8 Å². The van der Waals surface area contributed by atoms with E-state index in [0.29, 0.717) is 4.88 Å². The number of hydrogen-bond acceptors (Lipinski definition) is 5. The lowest BCUT2D eigenvalue weighted by Gasteiger charge is -2.31. The second-order valence-corrected chi connectivity index (χ2v) is 9.14. The lowest BCUT2D eigenvalue weighted by Crippen LogP contribution is -2.50. The maximum absolute atomic E-state index is 12.9. The Hall–Kier alpha value is -0.920. The van der Waals surface area contributed by atoms with Gasteiger partial charge in [-0.2, -0.15) is 0 Å². The van der Waals surface area contributed by atoms with Gasteiger partial charge < -0.3 is 15.4 Å². The largest absolute Gasteiger partial charge is 0.444 e. The van der Waals surface area contributed by atoms with Crippen molar-refractivity contribution >= 4 is 39.1 Å². The van der Waals surface area contributed by atoms with E-state index < -0.39 is 17.7 Å². The number of amides is 1. The van der Waals surface area contributed by atoms with Crippen molar-refractivity contribution < 1.29 is 14.3 Å². The fourth-order valence-corrected chi connectivity index (χ4v) is 3.97. The lowest BCUT2D eigenvalue weighted by atomic mass is 9.87. The second-order valence-electron chi connectivity index (χ2n) is 6.68. The summed E-state index contributed by atoms with van der Waals surface area (Å²) < 4.78 is 6.23. The van der Waals surface area contributed by atoms with Crippen molar-refractivity contribution in [3.05, 3.63) is 20.8 Å². The summed E-state index contributed by atoms with van der Waals surface area (Å²) in [5.41, 5.74) is -0.586. The first-order chi connectivity index (χ1) is 10.8. The van der Waals surface area contributed by atoms with Crippen molar-refractivity contribution in [2.45, 2.75) is 45.3 Å². The summed E-state index contributed by atoms with van der Waals surface area (Å²) in [5, 5.41) is 6.09. The van der Waals surface area contributed by atoms with Crippen LogP contribution in [0.25, 0.3) is 0 Å². The topological polar surface area (TPSA) is 67.4 Å². The van der Waals surface area contributed by atoms with Crippen LogP contribution in [0.4, 0.5) is 4.79 Å². The summed E-state index contributed by atoms with van der Waals surface area (Å²) in [6.07, 6.45) is 1.18. The molecule has 1 fully saturated rings. The first kappa shape index (κ1) is 18.4. The summed E-state index contributed by atoms with van der Waals surface area (Å²) in [6.45, 7) is 7.15. The standard InChI is InChI=1S/C16H23BrN2O3S/c1-16(2,3)22-15(21)19-13(10-6-8-18-9-7-10)14(20)11-4-5-12(17)23-11/h4-5,10,13,18H,6-9H2,1-3H3,(H,19,21). The second kappa shape index (κ2) is 7.77. The van der Waals surface area contributed by atoms with E-state index in [0.717, 1.165) is 29.7 Å². The van der Waals surface area contributed by atoms with Gasteiger partial charge in [0.05, 0.1) is 14.7 Å². The van der Waals surface area contributed by atoms with Crippen molar-refractivity contribution in [1.82, 2.24) is 10.6 Å². The molecule has 1 amide bonds. The molecule has 2 heterocycles. The molecule has 1 aliphatic heterocycles. The Morgan fingerprint density at radius 3 is 2.52 bits per heavy atom. The minimum absolute atomic E-state index is 0.0431. The van der Waals surface area contributed by atoms with Gasteiger partial charge in [-0.1, -0.05) is 0 Å². The summed E-state index contributed by atoms with van der Waals surface area (Å²) in [7, 11) is 0. The van der Waals surface area contributed by atoms with Gasteiger partial charge in [0.15, 0.2) is 5.78 Å². The van der Waals surface area contributed by atoms with Gasteiger partial charge in [-0.25, -0.2) is 4.79 Å². The van der Waals surface area contributed by atoms with Crippen LogP contribution in [-0.2, 0) is 4.74 Å². The van der Waals surface area contributed by atoms with Crippen molar-refractivity contribution in [3.63, 3.8) is 0 Å². The average Bonchev–Trinajstić information content (AvgIpc) is 2.90. The minimum Gasteiger partial charge on any atom is -0.444 e. The van der Waals surface area contributed by atoms with E-state index in [9.17, 15) is 9.59 Å². The Balaban J connectivity index is 2.14. The molecule has 1 aliphatic rings. The summed E-state index contributed by atoms with van der Waals surface area (Å²) in [5.74, 6) is 0.0793. The minimum atomic E-state index is -0.586. The van der Waals surface area contributed by atoms with Crippen LogP contribution >= 0.6 is 27.3 Å². The van der Waals surface area contributed by atoms with Crippen LogP contribution in [0.15, 0.2) is 15.9 Å². The Morgan fingerprint density at radius 1 is 1.35 bits per heavy atom. The van der Waals surface area contributed by atoms with E-state index in [2.05, 4.69) is 26.6 Å². The number of thiophene rings is 1. The van der Waals surface area contributed by atoms with Gasteiger partial charge in [0.25, 0.3) is 0 Å². The van der Waals surface area contributed by atoms with Crippen LogP contribution in [0, 0.1) is 5.92 Å². The predicted octanol–water partition coefficient (Wildman–Crippen LogP) is 3.59. The van der Waals surface area contributed by atoms with Crippen LogP contribution in [-0.4, -0.2) is 36.6 Å². The highest BCUT2D eigenvalue weighted by atomic mass is 79.9. The third-order valence-corrected chi connectivity index (χ3v) is 5.26. The third-order valence-electron chi connectivity index (χ3n) is 3.63. The first-order valence-electron chi connectivity index (χ1n) is 7.76. The van der Waals surface area contributed by atoms with Gasteiger partial charge in [-0.15, -0.1) is 11.3 Å². The fraction of sp³-hybridized carbons (Fsp3) is 0.625. The van der Waals surface area contributed by atoms with Crippen LogP contribution in [0.2, 0.25) is 0 Å². The molecular formula is C16H23BrN2O3S. The Kier molecular flexibility index (Phi) is 6.22. The highest BCUT2D eigenvalue weighted by Crippen LogP contribution is 2.27. The molecule has 7 heteroatoms. The van der Waals surface area contributed by atoms with Crippen molar-refractivity contribution in [1.29, 1.82) is 0 Å². The lowest BCUT2D eigenvalue weighted by molar-refractivity contribution is 0.0462. The summed E-state index contributed by atoms with van der Waals surface area (Å²) in [4.78, 5) is 25.7. The van der Waals surface area contributed by atoms with Gasteiger partial charge in [0.1, 0.15) is 5.60 Å². The average molecular weight is 403 g/mol. The summed E-state index contributed by atoms with van der Waals surface area (Å²) >= 11 is 4.77. The predicted molar refractivity (Wildman–Crippen MR) is 95.1 cm³/mol. The Labute approximate surface area is 149 Å². The molecule has 128 valence electrons. The van der Waals surface area contributed by atoms with Crippen molar-refractivity contribution in [3.8, 4) is 0 Å². The molecule has 1 unspecified atom stereocenters. The van der Waals surface area contributed by atoms with Gasteiger partial charge in [-0.3, -0.25) is 4.79 Å². The monoisotopic (exact) mass is 402 g/mol. The van der Waals surface area contributed by atoms with Crippen molar-refractivity contribution in [2.75, 3.05) is 13.1 Å². The number of carbonyl (C=O) groups is 2. The molecule has 1 atom stereocenters. The highest BCUT2D eigenvalue weighted by molar-refractivity contribution is 9.11. The molecule has 23 heavy (non-hydrogen) atoms. The van der Waals surface area contributed by atoms with Crippen LogP contribution < -0.4 is 10.6 Å². The third kappa shape index (κ3) is 5.58. The molecule has 1 saturated heterocycles. The molecule has 0 bridgehead atoms. The molecule has 1 aromatic heterocycles. The molecule has 0 spiro atoms. The van der Waals surface area contributed by atoms with Crippen molar-refractivity contribution in [2.24, 2.45) is 5.92 Å². The normalized spacial score (nSPS) is 17.6. The molecule has 2 rings (SSSR count). The molecule has 5 nitrogen and oxygen atoms in total. The van der Waals surface area contributed by atoms with Gasteiger partial charge in [0, 0.05) is 0 Å². The number of ketones is 1. The van der Waals surface area contributed by atoms with Gasteiger partial charge >= 0.3 is 6.09 Å². The Morgan fingerprint density at radius 2 is 2.00 bits per heavy atom. The van der Waals surface area contributed by atoms with E-state index in [1.165, 1.54) is 11.3 Å². The zero-order valence-corrected chi connectivity index (χ0v) is 16.1. The Bertz CT molecular complexity index is 562. The molecule has 1 aromatic rings. The van der Waals surface area contributed by atoms with E-state index in [1.54, 1.807) is 6.07 Å². The zero-order valence-electron chi connectivity index (χ0n) is 13.6. The molecule has 2 N–H and O–H groups in total. The molecule has 0 saturated carbocycles. The number of Topliss-reactive ketones (excluding diaryl/α,β-unsaturated/α-hetero) is 1. The van der Waals surface area contributed by atoms with E-state index >= 15 is 0 Å². The first-order valence-corrected chi connectivity index (χ1v) is 9.37. The van der Waals surface area contributed by atoms with E-state index in [4.69, 9.17) is 4.74 Å². The van der Waals surface area contributed by atoms with Gasteiger partial charge in [-0.05, 0) is 80.7 Å². The highest BCUT2D eigenvalue weighted by Gasteiger charge is 2.33. The number of ether oxygens (including phenoxy) is 1. The van der Waals surface area contributed by atoms with Gasteiger partial charge in [0.2, 0.25) is 0 Å². The number of rotatable bonds is 4.